The molecular weight excluding hydrogens is 432 g/mol. The average molecular weight is 461 g/mol. The van der Waals surface area contributed by atoms with E-state index in [1.54, 1.807) is 11.2 Å². The fourth-order valence-corrected chi connectivity index (χ4v) is 4.95. The lowest BCUT2D eigenvalue weighted by Crippen LogP contribution is -2.49. The Balaban J connectivity index is 1.53. The van der Waals surface area contributed by atoms with Crippen molar-refractivity contribution in [3.8, 4) is 11.1 Å². The number of piperazine rings is 1. The summed E-state index contributed by atoms with van der Waals surface area (Å²) in [4.78, 5) is 29.8. The maximum atomic E-state index is 13.0. The second-order valence-corrected chi connectivity index (χ2v) is 8.90. The summed E-state index contributed by atoms with van der Waals surface area (Å²) in [7, 11) is 0. The Hall–Kier alpha value is -3.42. The highest BCUT2D eigenvalue weighted by Crippen LogP contribution is 2.38. The second kappa shape index (κ2) is 9.08. The van der Waals surface area contributed by atoms with Gasteiger partial charge in [-0.2, -0.15) is 0 Å². The summed E-state index contributed by atoms with van der Waals surface area (Å²) in [5, 5.41) is 10.8. The molecule has 7 heteroatoms. The van der Waals surface area contributed by atoms with E-state index in [1.807, 2.05) is 50.2 Å². The predicted octanol–water partition coefficient (Wildman–Crippen LogP) is 3.50. The maximum absolute atomic E-state index is 13.0. The molecule has 5 rings (SSSR count). The van der Waals surface area contributed by atoms with Gasteiger partial charge in [0.05, 0.1) is 30.2 Å². The van der Waals surface area contributed by atoms with Crippen molar-refractivity contribution in [1.82, 2.24) is 9.80 Å². The van der Waals surface area contributed by atoms with Crippen molar-refractivity contribution in [2.45, 2.75) is 20.3 Å². The molecule has 0 saturated carbocycles. The number of aryl methyl sites for hydroxylation is 2. The van der Waals surface area contributed by atoms with Crippen LogP contribution in [0.15, 0.2) is 56.3 Å². The quantitative estimate of drug-likeness (QED) is 0.459. The number of carbonyl (C=O) groups excluding carboxylic acids is 1. The lowest BCUT2D eigenvalue weighted by Gasteiger charge is -2.34. The van der Waals surface area contributed by atoms with Gasteiger partial charge < -0.3 is 18.8 Å². The van der Waals surface area contributed by atoms with Crippen molar-refractivity contribution >= 4 is 27.8 Å². The topological polar surface area (TPSA) is 87.1 Å². The van der Waals surface area contributed by atoms with Gasteiger partial charge in [0.15, 0.2) is 0 Å². The van der Waals surface area contributed by atoms with Crippen LogP contribution in [0.3, 0.4) is 0 Å². The number of nitrogens with zero attached hydrogens (tertiary/aromatic N) is 2. The van der Waals surface area contributed by atoms with Gasteiger partial charge in [-0.25, -0.2) is 4.79 Å². The molecular formula is C27H28N2O5. The Kier molecular flexibility index (Phi) is 5.98. The van der Waals surface area contributed by atoms with Crippen LogP contribution in [0, 0.1) is 13.8 Å². The number of hydrogen-bond donors (Lipinski definition) is 1. The first-order valence-electron chi connectivity index (χ1n) is 11.6. The summed E-state index contributed by atoms with van der Waals surface area (Å²) in [5.41, 5.74) is 4.74. The van der Waals surface area contributed by atoms with E-state index < -0.39 is 5.63 Å². The number of aliphatic hydroxyl groups excluding tert-OH is 1. The van der Waals surface area contributed by atoms with Crippen LogP contribution in [0.25, 0.3) is 33.1 Å². The minimum absolute atomic E-state index is 0.00821. The predicted molar refractivity (Wildman–Crippen MR) is 131 cm³/mol. The lowest BCUT2D eigenvalue weighted by molar-refractivity contribution is -0.132. The van der Waals surface area contributed by atoms with E-state index in [2.05, 4.69) is 4.90 Å². The normalized spacial score (nSPS) is 14.9. The van der Waals surface area contributed by atoms with Crippen molar-refractivity contribution in [2.75, 3.05) is 39.3 Å². The van der Waals surface area contributed by atoms with Gasteiger partial charge in [-0.05, 0) is 36.6 Å². The molecule has 1 aliphatic rings. The van der Waals surface area contributed by atoms with Gasteiger partial charge in [0, 0.05) is 43.7 Å². The lowest BCUT2D eigenvalue weighted by atomic mass is 9.96. The van der Waals surface area contributed by atoms with Crippen LogP contribution < -0.4 is 5.63 Å². The largest absolute Gasteiger partial charge is 0.463 e. The summed E-state index contributed by atoms with van der Waals surface area (Å²) in [6.07, 6.45) is 1.74. The molecule has 0 radical (unpaired) electrons. The van der Waals surface area contributed by atoms with Gasteiger partial charge in [0.1, 0.15) is 11.2 Å². The molecule has 2 aromatic heterocycles. The van der Waals surface area contributed by atoms with Gasteiger partial charge in [0.25, 0.3) is 0 Å². The number of rotatable bonds is 5. The highest BCUT2D eigenvalue weighted by atomic mass is 16.4. The summed E-state index contributed by atoms with van der Waals surface area (Å²) >= 11 is 0. The zero-order valence-electron chi connectivity index (χ0n) is 19.5. The maximum Gasteiger partial charge on any atom is 0.340 e. The monoisotopic (exact) mass is 460 g/mol. The van der Waals surface area contributed by atoms with Gasteiger partial charge in [0.2, 0.25) is 5.91 Å². The molecule has 0 aliphatic carbocycles. The molecule has 1 amide bonds. The van der Waals surface area contributed by atoms with E-state index in [9.17, 15) is 9.59 Å². The molecule has 0 bridgehead atoms. The Morgan fingerprint density at radius 1 is 1.06 bits per heavy atom. The SMILES string of the molecule is Cc1cc2oc(=O)c(CC(=O)N3CCN(CCO)CC3)c(C)c2c2occ(-c3ccccc3)c12. The van der Waals surface area contributed by atoms with Crippen molar-refractivity contribution in [3.05, 3.63) is 69.8 Å². The van der Waals surface area contributed by atoms with E-state index in [0.29, 0.717) is 49.5 Å². The smallest absolute Gasteiger partial charge is 0.340 e. The third-order valence-electron chi connectivity index (χ3n) is 6.84. The fourth-order valence-electron chi connectivity index (χ4n) is 4.95. The van der Waals surface area contributed by atoms with Gasteiger partial charge in [-0.3, -0.25) is 9.69 Å². The Labute approximate surface area is 197 Å². The van der Waals surface area contributed by atoms with E-state index in [1.165, 1.54) is 0 Å². The Morgan fingerprint density at radius 3 is 2.50 bits per heavy atom. The highest BCUT2D eigenvalue weighted by molar-refractivity contribution is 6.11. The average Bonchev–Trinajstić information content (AvgIpc) is 3.28. The van der Waals surface area contributed by atoms with Crippen molar-refractivity contribution in [3.63, 3.8) is 0 Å². The Morgan fingerprint density at radius 2 is 1.79 bits per heavy atom. The first-order chi connectivity index (χ1) is 16.5. The first kappa shape index (κ1) is 22.4. The molecule has 2 aromatic carbocycles. The summed E-state index contributed by atoms with van der Waals surface area (Å²) in [5.74, 6) is -0.0915. The number of benzene rings is 2. The van der Waals surface area contributed by atoms with Crippen LogP contribution in [0.5, 0.6) is 0 Å². The van der Waals surface area contributed by atoms with Crippen molar-refractivity contribution in [2.24, 2.45) is 0 Å². The minimum atomic E-state index is -0.481. The van der Waals surface area contributed by atoms with E-state index >= 15 is 0 Å². The van der Waals surface area contributed by atoms with E-state index in [4.69, 9.17) is 13.9 Å². The van der Waals surface area contributed by atoms with Crippen LogP contribution in [-0.2, 0) is 11.2 Å². The molecule has 1 aliphatic heterocycles. The summed E-state index contributed by atoms with van der Waals surface area (Å²) in [6, 6.07) is 11.9. The molecule has 34 heavy (non-hydrogen) atoms. The van der Waals surface area contributed by atoms with Crippen LogP contribution in [0.4, 0.5) is 0 Å². The van der Waals surface area contributed by atoms with E-state index in [-0.39, 0.29) is 18.9 Å². The van der Waals surface area contributed by atoms with Crippen LogP contribution in [-0.4, -0.2) is 60.1 Å². The number of β-amino-alcohol motifs (C(OH)–C–C–N with tert-alkyl or cyclic N) is 1. The molecule has 176 valence electrons. The number of aliphatic hydroxyl groups is 1. The standard InChI is InChI=1S/C27H28N2O5/c1-17-14-22-25(26-24(17)21(16-33-26)19-6-4-3-5-7-19)18(2)20(27(32)34-22)15-23(31)29-10-8-28(9-11-29)12-13-30/h3-7,14,16,30H,8-13,15H2,1-2H3. The first-order valence-corrected chi connectivity index (χ1v) is 11.6. The van der Waals surface area contributed by atoms with Crippen LogP contribution in [0.1, 0.15) is 16.7 Å². The molecule has 1 saturated heterocycles. The third-order valence-corrected chi connectivity index (χ3v) is 6.84. The molecule has 0 spiro atoms. The van der Waals surface area contributed by atoms with Gasteiger partial charge >= 0.3 is 5.63 Å². The Bertz CT molecular complexity index is 1410. The number of amides is 1. The molecule has 0 unspecified atom stereocenters. The molecule has 0 atom stereocenters. The second-order valence-electron chi connectivity index (χ2n) is 8.90. The van der Waals surface area contributed by atoms with E-state index in [0.717, 1.165) is 33.0 Å². The summed E-state index contributed by atoms with van der Waals surface area (Å²) in [6.45, 7) is 7.15. The fraction of sp³-hybridized carbons (Fsp3) is 0.333. The number of furan rings is 1. The van der Waals surface area contributed by atoms with Crippen molar-refractivity contribution in [1.29, 1.82) is 0 Å². The third kappa shape index (κ3) is 3.91. The van der Waals surface area contributed by atoms with Crippen molar-refractivity contribution < 1.29 is 18.7 Å². The number of fused-ring (bicyclic) bond motifs is 3. The zero-order valence-corrected chi connectivity index (χ0v) is 19.5. The summed E-state index contributed by atoms with van der Waals surface area (Å²) < 4.78 is 11.7. The highest BCUT2D eigenvalue weighted by Gasteiger charge is 2.25. The molecule has 4 aromatic rings. The minimum Gasteiger partial charge on any atom is -0.463 e. The van der Waals surface area contributed by atoms with Gasteiger partial charge in [-0.15, -0.1) is 0 Å². The van der Waals surface area contributed by atoms with Crippen LogP contribution >= 0.6 is 0 Å². The number of carbonyl (C=O) groups is 1. The molecule has 3 heterocycles. The van der Waals surface area contributed by atoms with Crippen LogP contribution in [0.2, 0.25) is 0 Å². The zero-order chi connectivity index (χ0) is 23.8. The van der Waals surface area contributed by atoms with Gasteiger partial charge in [-0.1, -0.05) is 30.3 Å². The molecule has 1 N–H and O–H groups in total. The molecule has 7 nitrogen and oxygen atoms in total. The molecule has 1 fully saturated rings. The number of hydrogen-bond acceptors (Lipinski definition) is 6.